The van der Waals surface area contributed by atoms with Crippen molar-refractivity contribution in [1.82, 2.24) is 4.98 Å². The molecule has 26 heavy (non-hydrogen) atoms. The van der Waals surface area contributed by atoms with Gasteiger partial charge in [0, 0.05) is 16.1 Å². The van der Waals surface area contributed by atoms with E-state index >= 15 is 0 Å². The summed E-state index contributed by atoms with van der Waals surface area (Å²) in [5.41, 5.74) is 2.03. The molecule has 4 nitrogen and oxygen atoms in total. The van der Waals surface area contributed by atoms with Crippen LogP contribution in [0.1, 0.15) is 5.56 Å². The highest BCUT2D eigenvalue weighted by atomic mass is 79.9. The van der Waals surface area contributed by atoms with E-state index in [0.29, 0.717) is 14.5 Å². The van der Waals surface area contributed by atoms with E-state index in [9.17, 15) is 9.18 Å². The molecule has 4 rings (SSSR count). The van der Waals surface area contributed by atoms with Crippen LogP contribution in [-0.2, 0) is 4.79 Å². The van der Waals surface area contributed by atoms with E-state index in [1.807, 2.05) is 30.3 Å². The van der Waals surface area contributed by atoms with Gasteiger partial charge in [-0.1, -0.05) is 18.2 Å². The maximum absolute atomic E-state index is 13.9. The number of aromatic nitrogens is 1. The highest BCUT2D eigenvalue weighted by molar-refractivity contribution is 9.10. The minimum atomic E-state index is -0.422. The smallest absolute Gasteiger partial charge is 0.286 e. The largest absolute Gasteiger partial charge is 0.331 e. The molecule has 1 aliphatic rings. The summed E-state index contributed by atoms with van der Waals surface area (Å²) in [6, 6.07) is 14.3. The van der Waals surface area contributed by atoms with Gasteiger partial charge >= 0.3 is 0 Å². The molecule has 0 radical (unpaired) electrons. The van der Waals surface area contributed by atoms with E-state index in [1.54, 1.807) is 24.4 Å². The van der Waals surface area contributed by atoms with E-state index < -0.39 is 5.82 Å². The van der Waals surface area contributed by atoms with E-state index in [2.05, 4.69) is 31.2 Å². The molecular weight excluding hydrogens is 417 g/mol. The van der Waals surface area contributed by atoms with Crippen LogP contribution in [0.5, 0.6) is 0 Å². The predicted octanol–water partition coefficient (Wildman–Crippen LogP) is 5.22. The number of thioether (sulfide) groups is 1. The zero-order valence-corrected chi connectivity index (χ0v) is 15.6. The fourth-order valence-corrected chi connectivity index (χ4v) is 3.78. The molecule has 0 saturated heterocycles. The lowest BCUT2D eigenvalue weighted by molar-refractivity contribution is -0.113. The molecule has 1 amide bonds. The summed E-state index contributed by atoms with van der Waals surface area (Å²) < 4.78 is 14.5. The van der Waals surface area contributed by atoms with E-state index in [1.165, 1.54) is 17.8 Å². The Labute approximate surface area is 161 Å². The number of pyridine rings is 1. The van der Waals surface area contributed by atoms with Crippen LogP contribution in [0.15, 0.2) is 69.1 Å². The summed E-state index contributed by atoms with van der Waals surface area (Å²) in [5, 5.41) is 4.21. The number of hydrogen-bond acceptors (Lipinski definition) is 4. The quantitative estimate of drug-likeness (QED) is 0.569. The Hall–Kier alpha value is -2.51. The van der Waals surface area contributed by atoms with Gasteiger partial charge in [-0.05, 0) is 69.7 Å². The molecule has 0 saturated carbocycles. The number of amides is 1. The molecule has 0 atom stereocenters. The highest BCUT2D eigenvalue weighted by Crippen LogP contribution is 2.32. The van der Waals surface area contributed by atoms with Gasteiger partial charge in [-0.25, -0.2) is 4.39 Å². The van der Waals surface area contributed by atoms with Gasteiger partial charge in [-0.15, -0.1) is 0 Å². The number of amidine groups is 1. The van der Waals surface area contributed by atoms with Gasteiger partial charge in [0.2, 0.25) is 0 Å². The third kappa shape index (κ3) is 3.40. The average molecular weight is 428 g/mol. The van der Waals surface area contributed by atoms with Crippen LogP contribution < -0.4 is 5.32 Å². The van der Waals surface area contributed by atoms with Crippen molar-refractivity contribution in [1.29, 1.82) is 0 Å². The lowest BCUT2D eigenvalue weighted by Gasteiger charge is -2.07. The van der Waals surface area contributed by atoms with Crippen molar-refractivity contribution in [3.05, 3.63) is 75.5 Å². The van der Waals surface area contributed by atoms with Crippen LogP contribution in [0.25, 0.3) is 17.0 Å². The number of nitrogens with zero attached hydrogens (tertiary/aromatic N) is 2. The lowest BCUT2D eigenvalue weighted by Crippen LogP contribution is -2.07. The third-order valence-electron chi connectivity index (χ3n) is 3.74. The molecule has 7 heteroatoms. The second-order valence-corrected chi connectivity index (χ2v) is 7.39. The molecule has 0 aliphatic carbocycles. The molecule has 1 aliphatic heterocycles. The maximum atomic E-state index is 13.9. The number of halogens is 2. The molecule has 0 bridgehead atoms. The van der Waals surface area contributed by atoms with Crippen molar-refractivity contribution in [3.8, 4) is 0 Å². The van der Waals surface area contributed by atoms with Gasteiger partial charge in [0.05, 0.1) is 16.1 Å². The number of para-hydroxylation sites is 1. The molecule has 2 aromatic carbocycles. The van der Waals surface area contributed by atoms with Crippen LogP contribution >= 0.6 is 27.7 Å². The van der Waals surface area contributed by atoms with Gasteiger partial charge in [0.25, 0.3) is 5.91 Å². The van der Waals surface area contributed by atoms with Crippen molar-refractivity contribution >= 4 is 61.4 Å². The first kappa shape index (κ1) is 16.9. The third-order valence-corrected chi connectivity index (χ3v) is 5.30. The predicted molar refractivity (Wildman–Crippen MR) is 107 cm³/mol. The van der Waals surface area contributed by atoms with Gasteiger partial charge in [0.1, 0.15) is 5.82 Å². The minimum absolute atomic E-state index is 0.254. The Morgan fingerprint density at radius 2 is 2.04 bits per heavy atom. The Morgan fingerprint density at radius 3 is 2.88 bits per heavy atom. The van der Waals surface area contributed by atoms with E-state index in [4.69, 9.17) is 0 Å². The number of carbonyl (C=O) groups excluding carboxylic acids is 1. The molecule has 3 aromatic rings. The molecule has 0 spiro atoms. The molecule has 0 fully saturated rings. The lowest BCUT2D eigenvalue weighted by atomic mass is 10.1. The number of hydrogen-bond donors (Lipinski definition) is 1. The van der Waals surface area contributed by atoms with Crippen LogP contribution in [0.2, 0.25) is 0 Å². The first-order chi connectivity index (χ1) is 12.6. The Balaban J connectivity index is 1.58. The fraction of sp³-hybridized carbons (Fsp3) is 0. The Bertz CT molecular complexity index is 1080. The summed E-state index contributed by atoms with van der Waals surface area (Å²) in [6.07, 6.45) is 3.51. The normalized spacial score (nSPS) is 15.5. The molecule has 2 heterocycles. The zero-order valence-electron chi connectivity index (χ0n) is 13.2. The monoisotopic (exact) mass is 427 g/mol. The second kappa shape index (κ2) is 7.01. The summed E-state index contributed by atoms with van der Waals surface area (Å²) in [5.74, 6) is -0.772. The summed E-state index contributed by atoms with van der Waals surface area (Å²) in [4.78, 5) is 20.9. The summed E-state index contributed by atoms with van der Waals surface area (Å²) >= 11 is 4.47. The molecular formula is C19H11BrFN3OS. The van der Waals surface area contributed by atoms with Crippen molar-refractivity contribution in [2.45, 2.75) is 0 Å². The second-order valence-electron chi connectivity index (χ2n) is 5.51. The van der Waals surface area contributed by atoms with Crippen LogP contribution in [0.4, 0.5) is 10.1 Å². The van der Waals surface area contributed by atoms with Gasteiger partial charge in [-0.3, -0.25) is 9.78 Å². The van der Waals surface area contributed by atoms with Crippen LogP contribution in [-0.4, -0.2) is 16.1 Å². The molecule has 128 valence electrons. The van der Waals surface area contributed by atoms with E-state index in [0.717, 1.165) is 16.5 Å². The van der Waals surface area contributed by atoms with Gasteiger partial charge in [0.15, 0.2) is 5.17 Å². The standard InChI is InChI=1S/C19H11BrFN3OS/c20-13-4-1-5-14(21)17(13)23-19-24-18(25)16(26-19)10-11-6-7-15-12(9-11)3-2-8-22-15/h1-10H,(H,23,24,25)/b16-10-. The molecule has 1 N–H and O–H groups in total. The number of fused-ring (bicyclic) bond motifs is 1. The van der Waals surface area contributed by atoms with Crippen molar-refractivity contribution in [2.75, 3.05) is 5.32 Å². The van der Waals surface area contributed by atoms with Gasteiger partial charge in [-0.2, -0.15) is 4.99 Å². The minimum Gasteiger partial charge on any atom is -0.331 e. The van der Waals surface area contributed by atoms with Gasteiger partial charge < -0.3 is 5.32 Å². The van der Waals surface area contributed by atoms with Crippen LogP contribution in [0.3, 0.4) is 0 Å². The average Bonchev–Trinajstić information content (AvgIpc) is 2.97. The molecule has 0 unspecified atom stereocenters. The van der Waals surface area contributed by atoms with Crippen molar-refractivity contribution < 1.29 is 9.18 Å². The van der Waals surface area contributed by atoms with E-state index in [-0.39, 0.29) is 11.6 Å². The topological polar surface area (TPSA) is 54.4 Å². The maximum Gasteiger partial charge on any atom is 0.286 e. The Kier molecular flexibility index (Phi) is 4.57. The zero-order chi connectivity index (χ0) is 18.1. The molecule has 1 aromatic heterocycles. The number of benzene rings is 2. The fourth-order valence-electron chi connectivity index (χ4n) is 2.52. The van der Waals surface area contributed by atoms with Crippen molar-refractivity contribution in [2.24, 2.45) is 4.99 Å². The SMILES string of the molecule is O=C1N=C(Nc2c(F)cccc2Br)S/C1=C\c1ccc2ncccc2c1. The van der Waals surface area contributed by atoms with Crippen molar-refractivity contribution in [3.63, 3.8) is 0 Å². The summed E-state index contributed by atoms with van der Waals surface area (Å²) in [6.45, 7) is 0. The first-order valence-electron chi connectivity index (χ1n) is 7.68. The van der Waals surface area contributed by atoms with Crippen LogP contribution in [0, 0.1) is 5.82 Å². The Morgan fingerprint density at radius 1 is 1.15 bits per heavy atom. The summed E-state index contributed by atoms with van der Waals surface area (Å²) in [7, 11) is 0. The first-order valence-corrected chi connectivity index (χ1v) is 9.29. The number of rotatable bonds is 2. The number of nitrogens with one attached hydrogen (secondary N) is 1. The number of aliphatic imine (C=N–C) groups is 1. The number of anilines is 1. The number of carbonyl (C=O) groups is 1. The highest BCUT2D eigenvalue weighted by Gasteiger charge is 2.23.